The van der Waals surface area contributed by atoms with Crippen molar-refractivity contribution in [2.45, 2.75) is 90.9 Å². The minimum atomic E-state index is 0. The summed E-state index contributed by atoms with van der Waals surface area (Å²) in [5.74, 6) is 0.954. The number of unbranched alkanes of at least 4 members (excludes halogenated alkanes) is 1. The predicted molar refractivity (Wildman–Crippen MR) is 148 cm³/mol. The van der Waals surface area contributed by atoms with Crippen LogP contribution >= 0.6 is 11.8 Å². The highest BCUT2D eigenvalue weighted by atomic mass is 32.2. The predicted octanol–water partition coefficient (Wildman–Crippen LogP) is 7.70. The van der Waals surface area contributed by atoms with E-state index in [1.807, 2.05) is 57.9 Å². The molecule has 0 amide bonds. The molecule has 2 aromatic rings. The number of aromatic nitrogens is 2. The van der Waals surface area contributed by atoms with E-state index < -0.39 is 0 Å². The molecule has 1 spiro atoms. The monoisotopic (exact) mass is 482 g/mol. The van der Waals surface area contributed by atoms with Gasteiger partial charge in [0.05, 0.1) is 11.1 Å². The second-order valence-electron chi connectivity index (χ2n) is 8.61. The Morgan fingerprint density at radius 3 is 2.47 bits per heavy atom. The third-order valence-electron chi connectivity index (χ3n) is 6.48. The topological polar surface area (TPSA) is 58.1 Å². The molecule has 1 aromatic heterocycles. The van der Waals surface area contributed by atoms with Gasteiger partial charge >= 0.3 is 0 Å². The zero-order valence-electron chi connectivity index (χ0n) is 21.6. The lowest BCUT2D eigenvalue weighted by atomic mass is 9.96. The fraction of sp³-hybridized carbons (Fsp3) is 0.536. The summed E-state index contributed by atoms with van der Waals surface area (Å²) < 4.78 is 0. The van der Waals surface area contributed by atoms with Gasteiger partial charge in [-0.1, -0.05) is 60.1 Å². The number of carbonyl (C=O) groups is 1. The summed E-state index contributed by atoms with van der Waals surface area (Å²) >= 11 is 1.81. The third-order valence-corrected chi connectivity index (χ3v) is 7.63. The second kappa shape index (κ2) is 11.9. The van der Waals surface area contributed by atoms with Gasteiger partial charge in [0.25, 0.3) is 0 Å². The van der Waals surface area contributed by atoms with E-state index in [1.54, 1.807) is 0 Å². The molecule has 0 radical (unpaired) electrons. The van der Waals surface area contributed by atoms with E-state index in [4.69, 9.17) is 9.97 Å². The van der Waals surface area contributed by atoms with Crippen molar-refractivity contribution >= 4 is 34.9 Å². The number of benzene rings is 1. The van der Waals surface area contributed by atoms with Gasteiger partial charge < -0.3 is 10.2 Å². The lowest BCUT2D eigenvalue weighted by molar-refractivity contribution is 0.0980. The molecule has 34 heavy (non-hydrogen) atoms. The van der Waals surface area contributed by atoms with Gasteiger partial charge in [-0.3, -0.25) is 4.79 Å². The first-order chi connectivity index (χ1) is 16.6. The van der Waals surface area contributed by atoms with E-state index in [-0.39, 0.29) is 12.6 Å². The molecule has 1 aliphatic carbocycles. The number of thioether (sulfide) groups is 1. The number of anilines is 2. The average molecular weight is 483 g/mol. The van der Waals surface area contributed by atoms with Crippen molar-refractivity contribution in [1.82, 2.24) is 15.3 Å². The quantitative estimate of drug-likeness (QED) is 0.408. The van der Waals surface area contributed by atoms with Gasteiger partial charge in [0.2, 0.25) is 5.95 Å². The van der Waals surface area contributed by atoms with Crippen molar-refractivity contribution in [3.63, 3.8) is 0 Å². The Bertz CT molecular complexity index is 1000. The average Bonchev–Trinajstić information content (AvgIpc) is 3.39. The van der Waals surface area contributed by atoms with Crippen molar-refractivity contribution in [2.75, 3.05) is 11.4 Å². The van der Waals surface area contributed by atoms with Crippen molar-refractivity contribution in [3.8, 4) is 0 Å². The highest BCUT2D eigenvalue weighted by Crippen LogP contribution is 2.57. The van der Waals surface area contributed by atoms with Crippen molar-refractivity contribution in [2.24, 2.45) is 0 Å². The van der Waals surface area contributed by atoms with E-state index >= 15 is 0 Å². The summed E-state index contributed by atoms with van der Waals surface area (Å²) in [6.07, 6.45) is 9.89. The highest BCUT2D eigenvalue weighted by molar-refractivity contribution is 8.03. The molecule has 186 valence electrons. The summed E-state index contributed by atoms with van der Waals surface area (Å²) in [6.45, 7) is 13.2. The maximum Gasteiger partial charge on any atom is 0.229 e. The zero-order chi connectivity index (χ0) is 24.7. The third kappa shape index (κ3) is 5.32. The number of nitrogens with one attached hydrogen (secondary N) is 1. The fourth-order valence-electron chi connectivity index (χ4n) is 4.43. The van der Waals surface area contributed by atoms with E-state index in [2.05, 4.69) is 41.6 Å². The zero-order valence-corrected chi connectivity index (χ0v) is 22.5. The van der Waals surface area contributed by atoms with Crippen LogP contribution in [0.3, 0.4) is 0 Å². The normalized spacial score (nSPS) is 18.7. The summed E-state index contributed by atoms with van der Waals surface area (Å²) in [5.41, 5.74) is 5.62. The molecule has 0 bridgehead atoms. The van der Waals surface area contributed by atoms with Gasteiger partial charge in [-0.05, 0) is 42.7 Å². The molecule has 1 atom stereocenters. The highest BCUT2D eigenvalue weighted by Gasteiger charge is 2.52. The lowest BCUT2D eigenvalue weighted by Gasteiger charge is -2.18. The van der Waals surface area contributed by atoms with Crippen LogP contribution in [0.4, 0.5) is 11.6 Å². The smallest absolute Gasteiger partial charge is 0.229 e. The second-order valence-corrected chi connectivity index (χ2v) is 9.68. The molecule has 1 N–H and O–H groups in total. The number of rotatable bonds is 7. The number of hydrogen-bond donors (Lipinski definition) is 1. The van der Waals surface area contributed by atoms with Gasteiger partial charge in [-0.15, -0.1) is 11.8 Å². The maximum absolute atomic E-state index is 12.6. The van der Waals surface area contributed by atoms with Crippen LogP contribution in [0.5, 0.6) is 0 Å². The van der Waals surface area contributed by atoms with Crippen LogP contribution in [0.15, 0.2) is 36.0 Å². The standard InChI is InChI=1S/C24H28N4OS.2C2H6.H2/c1-3-5-6-21(29)16-7-8-18-20(11-16)28(15-24(18)9-10-24)23-25-12-17(13-26-23)19-14-30-22(4-2)27-19;2*1-2;/h7-8,11-14,22,27H,3-6,9-10,15H2,1-2H3;2*1-2H3;1H. The molecule has 1 saturated carbocycles. The Morgan fingerprint density at radius 2 is 1.88 bits per heavy atom. The van der Waals surface area contributed by atoms with Crippen LogP contribution in [-0.4, -0.2) is 27.7 Å². The molecule has 5 nitrogen and oxygen atoms in total. The van der Waals surface area contributed by atoms with Gasteiger partial charge in [-0.25, -0.2) is 9.97 Å². The molecule has 2 aliphatic heterocycles. The van der Waals surface area contributed by atoms with E-state index in [9.17, 15) is 4.79 Å². The molecule has 3 aliphatic rings. The van der Waals surface area contributed by atoms with E-state index in [0.29, 0.717) is 11.8 Å². The Hall–Kier alpha value is -2.34. The Balaban J connectivity index is 0.000000823. The van der Waals surface area contributed by atoms with Crippen LogP contribution in [0.25, 0.3) is 5.70 Å². The van der Waals surface area contributed by atoms with Crippen LogP contribution in [0, 0.1) is 0 Å². The van der Waals surface area contributed by atoms with Crippen LogP contribution in [-0.2, 0) is 5.41 Å². The Morgan fingerprint density at radius 1 is 1.18 bits per heavy atom. The molecule has 6 heteroatoms. The summed E-state index contributed by atoms with van der Waals surface area (Å²) in [7, 11) is 0. The Labute approximate surface area is 211 Å². The number of ketones is 1. The number of nitrogens with zero attached hydrogens (tertiary/aromatic N) is 3. The molecule has 0 saturated heterocycles. The summed E-state index contributed by atoms with van der Waals surface area (Å²) in [6, 6.07) is 6.26. The first kappa shape index (κ1) is 26.3. The summed E-state index contributed by atoms with van der Waals surface area (Å²) in [5, 5.41) is 6.11. The SMILES string of the molecule is CC.CC.CCCCC(=O)c1ccc2c(c1)N(c1ncc(C3=CSC(CC)N3)cn1)CC21CC1.[HH]. The number of Topliss-reactive ketones (excluding diaryl/α,β-unsaturated/α-hetero) is 1. The minimum absolute atomic E-state index is 0. The van der Waals surface area contributed by atoms with E-state index in [1.165, 1.54) is 18.4 Å². The van der Waals surface area contributed by atoms with Crippen molar-refractivity contribution in [3.05, 3.63) is 52.7 Å². The number of hydrogen-bond acceptors (Lipinski definition) is 6. The van der Waals surface area contributed by atoms with Crippen molar-refractivity contribution in [1.29, 1.82) is 0 Å². The molecule has 1 fully saturated rings. The fourth-order valence-corrected chi connectivity index (χ4v) is 5.32. The van der Waals surface area contributed by atoms with Gasteiger partial charge in [0.1, 0.15) is 0 Å². The number of fused-ring (bicyclic) bond motifs is 2. The van der Waals surface area contributed by atoms with Gasteiger partial charge in [0.15, 0.2) is 5.78 Å². The van der Waals surface area contributed by atoms with Gasteiger partial charge in [-0.2, -0.15) is 0 Å². The molecule has 1 unspecified atom stereocenters. The van der Waals surface area contributed by atoms with Crippen LogP contribution in [0.2, 0.25) is 0 Å². The van der Waals surface area contributed by atoms with E-state index in [0.717, 1.165) is 54.3 Å². The summed E-state index contributed by atoms with van der Waals surface area (Å²) in [4.78, 5) is 24.2. The molecule has 3 heterocycles. The van der Waals surface area contributed by atoms with Crippen LogP contribution < -0.4 is 10.2 Å². The van der Waals surface area contributed by atoms with Crippen molar-refractivity contribution < 1.29 is 6.22 Å². The minimum Gasteiger partial charge on any atom is -0.372 e. The first-order valence-electron chi connectivity index (χ1n) is 13.0. The van der Waals surface area contributed by atoms with Crippen LogP contribution in [0.1, 0.15) is 103 Å². The Kier molecular flexibility index (Phi) is 9.17. The maximum atomic E-state index is 12.6. The number of carbonyl (C=O) groups excluding carboxylic acids is 1. The largest absolute Gasteiger partial charge is 0.372 e. The molecule has 5 rings (SSSR count). The lowest BCUT2D eigenvalue weighted by Crippen LogP contribution is -2.22. The first-order valence-corrected chi connectivity index (χ1v) is 14.0. The molecule has 1 aromatic carbocycles. The van der Waals surface area contributed by atoms with Gasteiger partial charge in [0, 0.05) is 49.0 Å². The molecular weight excluding hydrogens is 440 g/mol. The molecular formula is C28H42N4OS.